The van der Waals surface area contributed by atoms with E-state index in [1.807, 2.05) is 39.0 Å². The molecule has 0 fully saturated rings. The van der Waals surface area contributed by atoms with Gasteiger partial charge in [0.1, 0.15) is 0 Å². The fourth-order valence-corrected chi connectivity index (χ4v) is 1.82. The van der Waals surface area contributed by atoms with Crippen LogP contribution in [0.2, 0.25) is 0 Å². The van der Waals surface area contributed by atoms with E-state index in [2.05, 4.69) is 27.9 Å². The molecule has 16 heavy (non-hydrogen) atoms. The third-order valence-electron chi connectivity index (χ3n) is 2.33. The smallest absolute Gasteiger partial charge is 0.252 e. The molecule has 0 saturated carbocycles. The fourth-order valence-electron chi connectivity index (χ4n) is 1.24. The molecule has 88 valence electrons. The van der Waals surface area contributed by atoms with Crippen molar-refractivity contribution in [3.63, 3.8) is 0 Å². The first-order chi connectivity index (χ1) is 7.35. The number of nitrogens with one attached hydrogen (secondary N) is 1. The van der Waals surface area contributed by atoms with E-state index < -0.39 is 0 Å². The summed E-state index contributed by atoms with van der Waals surface area (Å²) in [6.45, 7) is 6.21. The zero-order valence-electron chi connectivity index (χ0n) is 9.80. The number of hydrogen-bond donors (Lipinski definition) is 2. The summed E-state index contributed by atoms with van der Waals surface area (Å²) in [5.41, 5.74) is 7.00. The van der Waals surface area contributed by atoms with Crippen LogP contribution in [0.25, 0.3) is 0 Å². The average molecular weight is 332 g/mol. The highest BCUT2D eigenvalue weighted by atomic mass is 127. The predicted octanol–water partition coefficient (Wildman–Crippen LogP) is 2.07. The Morgan fingerprint density at radius 2 is 2.12 bits per heavy atom. The third kappa shape index (κ3) is 3.45. The minimum atomic E-state index is -0.371. The van der Waals surface area contributed by atoms with Crippen LogP contribution in [0.4, 0.5) is 0 Å². The van der Waals surface area contributed by atoms with Crippen LogP contribution >= 0.6 is 22.6 Å². The summed E-state index contributed by atoms with van der Waals surface area (Å²) >= 11 is 2.16. The number of halogens is 1. The number of benzene rings is 1. The maximum atomic E-state index is 12.0. The Kier molecular flexibility index (Phi) is 4.32. The van der Waals surface area contributed by atoms with Gasteiger partial charge >= 0.3 is 0 Å². The van der Waals surface area contributed by atoms with Gasteiger partial charge in [-0.05, 0) is 55.5 Å². The molecule has 0 heterocycles. The monoisotopic (exact) mass is 332 g/mol. The van der Waals surface area contributed by atoms with Gasteiger partial charge in [0.25, 0.3) is 5.91 Å². The van der Waals surface area contributed by atoms with Crippen LogP contribution in [-0.4, -0.2) is 18.0 Å². The summed E-state index contributed by atoms with van der Waals surface area (Å²) in [6, 6.07) is 5.83. The normalized spacial score (nSPS) is 11.3. The van der Waals surface area contributed by atoms with E-state index in [4.69, 9.17) is 5.73 Å². The average Bonchev–Trinajstić information content (AvgIpc) is 2.21. The van der Waals surface area contributed by atoms with Crippen LogP contribution in [0.1, 0.15) is 29.8 Å². The first kappa shape index (κ1) is 13.4. The number of carbonyl (C=O) groups excluding carboxylic acids is 1. The van der Waals surface area contributed by atoms with Crippen molar-refractivity contribution < 1.29 is 4.79 Å². The molecule has 0 aliphatic rings. The highest BCUT2D eigenvalue weighted by Gasteiger charge is 2.20. The van der Waals surface area contributed by atoms with E-state index in [-0.39, 0.29) is 11.4 Å². The zero-order chi connectivity index (χ0) is 12.3. The van der Waals surface area contributed by atoms with Gasteiger partial charge < -0.3 is 11.1 Å². The first-order valence-corrected chi connectivity index (χ1v) is 6.22. The van der Waals surface area contributed by atoms with Gasteiger partial charge in [-0.15, -0.1) is 0 Å². The molecule has 1 amide bonds. The maximum Gasteiger partial charge on any atom is 0.252 e. The first-order valence-electron chi connectivity index (χ1n) is 5.14. The van der Waals surface area contributed by atoms with Crippen LogP contribution in [0, 0.1) is 10.5 Å². The molecular weight excluding hydrogens is 315 g/mol. The number of nitrogens with two attached hydrogens (primary N) is 1. The van der Waals surface area contributed by atoms with Gasteiger partial charge in [-0.25, -0.2) is 0 Å². The second kappa shape index (κ2) is 5.14. The van der Waals surface area contributed by atoms with Crippen molar-refractivity contribution in [2.75, 3.05) is 6.54 Å². The standard InChI is InChI=1S/C12H17IN2O/c1-8-4-5-10(13)9(6-8)11(16)15-12(2,3)7-14/h4-6H,7,14H2,1-3H3,(H,15,16). The van der Waals surface area contributed by atoms with Gasteiger partial charge in [-0.3, -0.25) is 4.79 Å². The van der Waals surface area contributed by atoms with Gasteiger partial charge in [0, 0.05) is 15.7 Å². The zero-order valence-corrected chi connectivity index (χ0v) is 12.0. The molecule has 3 N–H and O–H groups in total. The van der Waals surface area contributed by atoms with E-state index in [1.54, 1.807) is 0 Å². The molecule has 0 aliphatic carbocycles. The van der Waals surface area contributed by atoms with E-state index in [0.29, 0.717) is 12.1 Å². The summed E-state index contributed by atoms with van der Waals surface area (Å²) in [4.78, 5) is 12.0. The molecule has 0 spiro atoms. The van der Waals surface area contributed by atoms with Crippen LogP contribution in [0.5, 0.6) is 0 Å². The molecule has 1 rings (SSSR count). The van der Waals surface area contributed by atoms with Crippen molar-refractivity contribution >= 4 is 28.5 Å². The van der Waals surface area contributed by atoms with Crippen molar-refractivity contribution in [3.8, 4) is 0 Å². The Labute approximate surface area is 110 Å². The molecule has 0 unspecified atom stereocenters. The third-order valence-corrected chi connectivity index (χ3v) is 3.27. The Hall–Kier alpha value is -0.620. The quantitative estimate of drug-likeness (QED) is 0.833. The minimum Gasteiger partial charge on any atom is -0.346 e. The second-order valence-electron chi connectivity index (χ2n) is 4.53. The highest BCUT2D eigenvalue weighted by Crippen LogP contribution is 2.15. The van der Waals surface area contributed by atoms with Crippen molar-refractivity contribution in [3.05, 3.63) is 32.9 Å². The maximum absolute atomic E-state index is 12.0. The van der Waals surface area contributed by atoms with Crippen molar-refractivity contribution in [2.24, 2.45) is 5.73 Å². The topological polar surface area (TPSA) is 55.1 Å². The molecule has 3 nitrogen and oxygen atoms in total. The number of amides is 1. The SMILES string of the molecule is Cc1ccc(I)c(C(=O)NC(C)(C)CN)c1. The second-order valence-corrected chi connectivity index (χ2v) is 5.69. The molecule has 4 heteroatoms. The molecular formula is C12H17IN2O. The van der Waals surface area contributed by atoms with E-state index in [0.717, 1.165) is 9.13 Å². The van der Waals surface area contributed by atoms with Crippen LogP contribution in [0.3, 0.4) is 0 Å². The van der Waals surface area contributed by atoms with Crippen LogP contribution < -0.4 is 11.1 Å². The Morgan fingerprint density at radius 3 is 2.69 bits per heavy atom. The number of rotatable bonds is 3. The van der Waals surface area contributed by atoms with Gasteiger partial charge in [0.15, 0.2) is 0 Å². The molecule has 1 aromatic rings. The molecule has 1 aromatic carbocycles. The summed E-state index contributed by atoms with van der Waals surface area (Å²) in [5.74, 6) is -0.0662. The molecule has 0 saturated heterocycles. The molecule has 0 radical (unpaired) electrons. The van der Waals surface area contributed by atoms with Gasteiger partial charge in [-0.1, -0.05) is 11.6 Å². The van der Waals surface area contributed by atoms with Gasteiger partial charge in [0.2, 0.25) is 0 Å². The predicted molar refractivity (Wildman–Crippen MR) is 74.5 cm³/mol. The highest BCUT2D eigenvalue weighted by molar-refractivity contribution is 14.1. The van der Waals surface area contributed by atoms with Gasteiger partial charge in [-0.2, -0.15) is 0 Å². The Balaban J connectivity index is 2.93. The Bertz CT molecular complexity index is 402. The van der Waals surface area contributed by atoms with Crippen molar-refractivity contribution in [1.29, 1.82) is 0 Å². The number of aryl methyl sites for hydroxylation is 1. The summed E-state index contributed by atoms with van der Waals surface area (Å²) in [6.07, 6.45) is 0. The van der Waals surface area contributed by atoms with Crippen LogP contribution in [0.15, 0.2) is 18.2 Å². The van der Waals surface area contributed by atoms with Gasteiger partial charge in [0.05, 0.1) is 5.56 Å². The molecule has 0 aliphatic heterocycles. The lowest BCUT2D eigenvalue weighted by Gasteiger charge is -2.24. The van der Waals surface area contributed by atoms with E-state index in [1.165, 1.54) is 0 Å². The number of carbonyl (C=O) groups is 1. The molecule has 0 bridgehead atoms. The molecule has 0 atom stereocenters. The molecule has 0 aromatic heterocycles. The largest absolute Gasteiger partial charge is 0.346 e. The van der Waals surface area contributed by atoms with Crippen LogP contribution in [-0.2, 0) is 0 Å². The minimum absolute atomic E-state index is 0.0662. The van der Waals surface area contributed by atoms with Crippen molar-refractivity contribution in [1.82, 2.24) is 5.32 Å². The summed E-state index contributed by atoms with van der Waals surface area (Å²) in [7, 11) is 0. The lowest BCUT2D eigenvalue weighted by molar-refractivity contribution is 0.0914. The summed E-state index contributed by atoms with van der Waals surface area (Å²) < 4.78 is 0.952. The Morgan fingerprint density at radius 1 is 1.50 bits per heavy atom. The lowest BCUT2D eigenvalue weighted by Crippen LogP contribution is -2.49. The number of hydrogen-bond acceptors (Lipinski definition) is 2. The lowest BCUT2D eigenvalue weighted by atomic mass is 10.0. The summed E-state index contributed by atoms with van der Waals surface area (Å²) in [5, 5.41) is 2.92. The fraction of sp³-hybridized carbons (Fsp3) is 0.417. The van der Waals surface area contributed by atoms with E-state index >= 15 is 0 Å². The van der Waals surface area contributed by atoms with E-state index in [9.17, 15) is 4.79 Å². The van der Waals surface area contributed by atoms with Crippen molar-refractivity contribution in [2.45, 2.75) is 26.3 Å².